The minimum atomic E-state index is 0.351. The molecule has 1 spiro atoms. The van der Waals surface area contributed by atoms with Crippen LogP contribution < -0.4 is 0 Å². The largest absolute Gasteiger partial charge is 0.0619 e. The van der Waals surface area contributed by atoms with E-state index in [1.54, 1.807) is 11.1 Å². The average molecular weight is 274 g/mol. The molecule has 0 aromatic heterocycles. The Kier molecular flexibility index (Phi) is 2.42. The summed E-state index contributed by atoms with van der Waals surface area (Å²) in [4.78, 5) is 0. The van der Waals surface area contributed by atoms with E-state index in [0.29, 0.717) is 5.41 Å². The zero-order valence-electron chi connectivity index (χ0n) is 12.5. The Balaban J connectivity index is 1.87. The molecule has 0 unspecified atom stereocenters. The van der Waals surface area contributed by atoms with Crippen molar-refractivity contribution in [2.45, 2.75) is 43.9 Å². The molecule has 2 fully saturated rings. The Morgan fingerprint density at radius 2 is 1.05 bits per heavy atom. The fourth-order valence-corrected chi connectivity index (χ4v) is 5.94. The molecule has 2 saturated carbocycles. The molecule has 0 aliphatic heterocycles. The van der Waals surface area contributed by atoms with Crippen molar-refractivity contribution in [2.75, 3.05) is 0 Å². The highest BCUT2D eigenvalue weighted by Crippen LogP contribution is 2.64. The molecule has 0 nitrogen and oxygen atoms in total. The molecule has 106 valence electrons. The maximum atomic E-state index is 2.44. The summed E-state index contributed by atoms with van der Waals surface area (Å²) in [6, 6.07) is 18.5. The maximum Gasteiger partial charge on any atom is 0.0271 e. The van der Waals surface area contributed by atoms with Crippen molar-refractivity contribution in [2.24, 2.45) is 11.8 Å². The molecule has 0 saturated heterocycles. The Labute approximate surface area is 127 Å². The predicted octanol–water partition coefficient (Wildman–Crippen LogP) is 5.55. The summed E-state index contributed by atoms with van der Waals surface area (Å²) in [6.45, 7) is 0. The Hall–Kier alpha value is -1.56. The van der Waals surface area contributed by atoms with Gasteiger partial charge in [0, 0.05) is 5.41 Å². The minimum Gasteiger partial charge on any atom is -0.0619 e. The summed E-state index contributed by atoms with van der Waals surface area (Å²) in [5.41, 5.74) is 6.70. The highest BCUT2D eigenvalue weighted by Gasteiger charge is 2.55. The molecule has 0 radical (unpaired) electrons. The number of hydrogen-bond acceptors (Lipinski definition) is 0. The van der Waals surface area contributed by atoms with Crippen molar-refractivity contribution in [1.82, 2.24) is 0 Å². The van der Waals surface area contributed by atoms with Crippen LogP contribution in [0, 0.1) is 11.8 Å². The molecule has 2 aromatic rings. The quantitative estimate of drug-likeness (QED) is 0.590. The van der Waals surface area contributed by atoms with E-state index in [1.807, 2.05) is 0 Å². The van der Waals surface area contributed by atoms with Gasteiger partial charge in [-0.1, -0.05) is 61.4 Å². The van der Waals surface area contributed by atoms with Crippen LogP contribution in [0.25, 0.3) is 11.1 Å². The van der Waals surface area contributed by atoms with Crippen molar-refractivity contribution < 1.29 is 0 Å². The molecular formula is C21H22. The van der Waals surface area contributed by atoms with Gasteiger partial charge < -0.3 is 0 Å². The molecule has 21 heavy (non-hydrogen) atoms. The van der Waals surface area contributed by atoms with Crippen LogP contribution in [-0.4, -0.2) is 0 Å². The molecule has 3 aliphatic carbocycles. The molecule has 0 atom stereocenters. The molecule has 0 amide bonds. The van der Waals surface area contributed by atoms with Gasteiger partial charge in [-0.3, -0.25) is 0 Å². The second-order valence-corrected chi connectivity index (χ2v) is 7.22. The third kappa shape index (κ3) is 1.36. The predicted molar refractivity (Wildman–Crippen MR) is 87.3 cm³/mol. The van der Waals surface area contributed by atoms with E-state index in [2.05, 4.69) is 48.5 Å². The first-order chi connectivity index (χ1) is 10.4. The lowest BCUT2D eigenvalue weighted by molar-refractivity contribution is 0.0873. The Morgan fingerprint density at radius 1 is 0.619 bits per heavy atom. The number of fused-ring (bicyclic) bond motifs is 3. The normalized spacial score (nSPS) is 28.2. The second kappa shape index (κ2) is 4.22. The molecule has 2 bridgehead atoms. The summed E-state index contributed by atoms with van der Waals surface area (Å²) in [7, 11) is 0. The lowest BCUT2D eigenvalue weighted by Gasteiger charge is -2.52. The molecule has 5 rings (SSSR count). The van der Waals surface area contributed by atoms with Crippen molar-refractivity contribution in [1.29, 1.82) is 0 Å². The zero-order chi connectivity index (χ0) is 13.9. The first-order valence-corrected chi connectivity index (χ1v) is 8.62. The van der Waals surface area contributed by atoms with Gasteiger partial charge in [-0.25, -0.2) is 0 Å². The van der Waals surface area contributed by atoms with Gasteiger partial charge in [0.2, 0.25) is 0 Å². The van der Waals surface area contributed by atoms with Gasteiger partial charge in [-0.2, -0.15) is 0 Å². The standard InChI is InChI=1S/C21H22/c1-3-13-19-17(11-1)18-12-2-4-14-20(18)21(19)15-7-5-8-16(21)10-6-9-15/h1-4,11-16H,5-10H2. The van der Waals surface area contributed by atoms with Crippen LogP contribution in [0.3, 0.4) is 0 Å². The van der Waals surface area contributed by atoms with Crippen molar-refractivity contribution in [3.05, 3.63) is 59.7 Å². The summed E-state index contributed by atoms with van der Waals surface area (Å²) in [5, 5.41) is 0. The third-order valence-corrected chi connectivity index (χ3v) is 6.53. The van der Waals surface area contributed by atoms with Gasteiger partial charge in [0.25, 0.3) is 0 Å². The van der Waals surface area contributed by atoms with Crippen molar-refractivity contribution in [3.8, 4) is 11.1 Å². The van der Waals surface area contributed by atoms with E-state index in [1.165, 1.54) is 49.7 Å². The van der Waals surface area contributed by atoms with E-state index in [-0.39, 0.29) is 0 Å². The molecular weight excluding hydrogens is 252 g/mol. The monoisotopic (exact) mass is 274 g/mol. The highest BCUT2D eigenvalue weighted by atomic mass is 14.6. The fourth-order valence-electron chi connectivity index (χ4n) is 5.94. The average Bonchev–Trinajstić information content (AvgIpc) is 2.80. The maximum absolute atomic E-state index is 2.44. The molecule has 3 aliphatic rings. The summed E-state index contributed by atoms with van der Waals surface area (Å²) in [6.07, 6.45) is 8.61. The summed E-state index contributed by atoms with van der Waals surface area (Å²) >= 11 is 0. The summed E-state index contributed by atoms with van der Waals surface area (Å²) in [5.74, 6) is 1.74. The van der Waals surface area contributed by atoms with Crippen molar-refractivity contribution >= 4 is 0 Å². The zero-order valence-corrected chi connectivity index (χ0v) is 12.5. The number of rotatable bonds is 0. The topological polar surface area (TPSA) is 0 Å². The SMILES string of the molecule is c1ccc2c(c1)-c1ccccc1C21C2CCCC1CCC2. The van der Waals surface area contributed by atoms with E-state index in [9.17, 15) is 0 Å². The van der Waals surface area contributed by atoms with Crippen LogP contribution in [-0.2, 0) is 5.41 Å². The van der Waals surface area contributed by atoms with Crippen LogP contribution in [0.4, 0.5) is 0 Å². The van der Waals surface area contributed by atoms with Crippen LogP contribution >= 0.6 is 0 Å². The van der Waals surface area contributed by atoms with Crippen LogP contribution in [0.2, 0.25) is 0 Å². The van der Waals surface area contributed by atoms with Gasteiger partial charge in [0.05, 0.1) is 0 Å². The summed E-state index contributed by atoms with van der Waals surface area (Å²) < 4.78 is 0. The van der Waals surface area contributed by atoms with Gasteiger partial charge in [-0.15, -0.1) is 0 Å². The number of benzene rings is 2. The van der Waals surface area contributed by atoms with Crippen LogP contribution in [0.1, 0.15) is 49.7 Å². The van der Waals surface area contributed by atoms with E-state index < -0.39 is 0 Å². The molecule has 0 heteroatoms. The lowest BCUT2D eigenvalue weighted by atomic mass is 9.51. The van der Waals surface area contributed by atoms with E-state index in [0.717, 1.165) is 11.8 Å². The van der Waals surface area contributed by atoms with Gasteiger partial charge in [0.15, 0.2) is 0 Å². The number of hydrogen-bond donors (Lipinski definition) is 0. The van der Waals surface area contributed by atoms with Gasteiger partial charge in [0.1, 0.15) is 0 Å². The Bertz CT molecular complexity index is 627. The minimum absolute atomic E-state index is 0.351. The van der Waals surface area contributed by atoms with Crippen LogP contribution in [0.5, 0.6) is 0 Å². The van der Waals surface area contributed by atoms with Crippen LogP contribution in [0.15, 0.2) is 48.5 Å². The molecule has 0 heterocycles. The van der Waals surface area contributed by atoms with Gasteiger partial charge >= 0.3 is 0 Å². The van der Waals surface area contributed by atoms with E-state index >= 15 is 0 Å². The Morgan fingerprint density at radius 3 is 1.52 bits per heavy atom. The first-order valence-electron chi connectivity index (χ1n) is 8.62. The smallest absolute Gasteiger partial charge is 0.0271 e. The molecule has 0 N–H and O–H groups in total. The lowest BCUT2D eigenvalue weighted by Crippen LogP contribution is -2.47. The van der Waals surface area contributed by atoms with E-state index in [4.69, 9.17) is 0 Å². The highest BCUT2D eigenvalue weighted by molar-refractivity contribution is 5.81. The second-order valence-electron chi connectivity index (χ2n) is 7.22. The first kappa shape index (κ1) is 12.0. The fraction of sp³-hybridized carbons (Fsp3) is 0.429. The van der Waals surface area contributed by atoms with Gasteiger partial charge in [-0.05, 0) is 59.8 Å². The molecule has 2 aromatic carbocycles. The third-order valence-electron chi connectivity index (χ3n) is 6.53. The van der Waals surface area contributed by atoms with Crippen molar-refractivity contribution in [3.63, 3.8) is 0 Å².